The standard InChI is InChI=1S/C18H36O3/c1-3-4-5-6-7-8-9-10-11-14-21-17-13-12-16(19)15-18(17)20-2/h16-19H,3-15H2,1-2H3. The summed E-state index contributed by atoms with van der Waals surface area (Å²) in [6.45, 7) is 3.11. The van der Waals surface area contributed by atoms with Crippen LogP contribution in [0.15, 0.2) is 0 Å². The molecule has 0 saturated heterocycles. The summed E-state index contributed by atoms with van der Waals surface area (Å²) in [5.41, 5.74) is 0. The van der Waals surface area contributed by atoms with E-state index in [1.807, 2.05) is 0 Å². The first-order valence-electron chi connectivity index (χ1n) is 9.10. The number of methoxy groups -OCH3 is 1. The van der Waals surface area contributed by atoms with Gasteiger partial charge in [-0.25, -0.2) is 0 Å². The van der Waals surface area contributed by atoms with Crippen LogP contribution in [0.2, 0.25) is 0 Å². The molecular formula is C18H36O3. The molecule has 1 rings (SSSR count). The van der Waals surface area contributed by atoms with Crippen molar-refractivity contribution in [2.24, 2.45) is 0 Å². The molecule has 3 nitrogen and oxygen atoms in total. The Labute approximate surface area is 131 Å². The van der Waals surface area contributed by atoms with Crippen LogP contribution in [0.5, 0.6) is 0 Å². The van der Waals surface area contributed by atoms with Crippen molar-refractivity contribution in [3.8, 4) is 0 Å². The summed E-state index contributed by atoms with van der Waals surface area (Å²) in [4.78, 5) is 0. The first kappa shape index (κ1) is 18.9. The quantitative estimate of drug-likeness (QED) is 0.541. The Balaban J connectivity index is 1.91. The Morgan fingerprint density at radius 1 is 0.857 bits per heavy atom. The highest BCUT2D eigenvalue weighted by molar-refractivity contribution is 4.81. The van der Waals surface area contributed by atoms with Gasteiger partial charge < -0.3 is 14.6 Å². The highest BCUT2D eigenvalue weighted by Crippen LogP contribution is 2.24. The first-order valence-corrected chi connectivity index (χ1v) is 9.10. The van der Waals surface area contributed by atoms with Crippen molar-refractivity contribution in [2.75, 3.05) is 13.7 Å². The van der Waals surface area contributed by atoms with Crippen molar-refractivity contribution in [3.05, 3.63) is 0 Å². The van der Waals surface area contributed by atoms with Crippen molar-refractivity contribution < 1.29 is 14.6 Å². The zero-order valence-corrected chi connectivity index (χ0v) is 14.2. The number of aliphatic hydroxyl groups is 1. The van der Waals surface area contributed by atoms with Gasteiger partial charge in [0.2, 0.25) is 0 Å². The molecule has 0 aliphatic heterocycles. The number of rotatable bonds is 12. The summed E-state index contributed by atoms with van der Waals surface area (Å²) in [6.07, 6.45) is 14.6. The van der Waals surface area contributed by atoms with E-state index in [1.54, 1.807) is 7.11 Å². The number of hydrogen-bond acceptors (Lipinski definition) is 3. The molecule has 1 saturated carbocycles. The van der Waals surface area contributed by atoms with E-state index < -0.39 is 0 Å². The predicted octanol–water partition coefficient (Wildman–Crippen LogP) is 4.46. The molecule has 1 aliphatic carbocycles. The van der Waals surface area contributed by atoms with E-state index in [0.717, 1.165) is 32.3 Å². The van der Waals surface area contributed by atoms with E-state index in [4.69, 9.17) is 9.47 Å². The van der Waals surface area contributed by atoms with E-state index in [2.05, 4.69) is 6.92 Å². The predicted molar refractivity (Wildman–Crippen MR) is 87.6 cm³/mol. The SMILES string of the molecule is CCCCCCCCCCCOC1CCC(O)CC1OC. The molecule has 1 N–H and O–H groups in total. The number of ether oxygens (including phenoxy) is 2. The van der Waals surface area contributed by atoms with Crippen LogP contribution in [0.1, 0.15) is 84.0 Å². The largest absolute Gasteiger partial charge is 0.393 e. The highest BCUT2D eigenvalue weighted by atomic mass is 16.5. The van der Waals surface area contributed by atoms with Crippen LogP contribution in [0.25, 0.3) is 0 Å². The Morgan fingerprint density at radius 3 is 2.10 bits per heavy atom. The van der Waals surface area contributed by atoms with Gasteiger partial charge in [0.15, 0.2) is 0 Å². The second kappa shape index (κ2) is 12.4. The Morgan fingerprint density at radius 2 is 1.48 bits per heavy atom. The fourth-order valence-corrected chi connectivity index (χ4v) is 3.17. The minimum atomic E-state index is -0.206. The smallest absolute Gasteiger partial charge is 0.0857 e. The molecule has 0 aromatic carbocycles. The molecule has 0 bridgehead atoms. The van der Waals surface area contributed by atoms with Crippen LogP contribution in [0, 0.1) is 0 Å². The fourth-order valence-electron chi connectivity index (χ4n) is 3.17. The van der Waals surface area contributed by atoms with Gasteiger partial charge in [-0.2, -0.15) is 0 Å². The number of unbranched alkanes of at least 4 members (excludes halogenated alkanes) is 8. The van der Waals surface area contributed by atoms with E-state index >= 15 is 0 Å². The molecule has 0 aromatic heterocycles. The maximum Gasteiger partial charge on any atom is 0.0857 e. The number of hydrogen-bond donors (Lipinski definition) is 1. The molecule has 3 atom stereocenters. The Bertz CT molecular complexity index is 233. The molecule has 126 valence electrons. The Hall–Kier alpha value is -0.120. The average Bonchev–Trinajstić information content (AvgIpc) is 2.50. The van der Waals surface area contributed by atoms with Gasteiger partial charge in [0.25, 0.3) is 0 Å². The third-order valence-electron chi connectivity index (χ3n) is 4.59. The monoisotopic (exact) mass is 300 g/mol. The van der Waals surface area contributed by atoms with E-state index in [-0.39, 0.29) is 18.3 Å². The third kappa shape index (κ3) is 8.80. The van der Waals surface area contributed by atoms with Gasteiger partial charge in [-0.05, 0) is 19.3 Å². The molecule has 3 heteroatoms. The molecule has 0 aromatic rings. The van der Waals surface area contributed by atoms with Gasteiger partial charge >= 0.3 is 0 Å². The van der Waals surface area contributed by atoms with Crippen LogP contribution in [-0.2, 0) is 9.47 Å². The summed E-state index contributed by atoms with van der Waals surface area (Å²) in [6, 6.07) is 0. The van der Waals surface area contributed by atoms with Gasteiger partial charge in [0, 0.05) is 20.1 Å². The molecular weight excluding hydrogens is 264 g/mol. The van der Waals surface area contributed by atoms with Gasteiger partial charge in [0.1, 0.15) is 0 Å². The molecule has 0 spiro atoms. The van der Waals surface area contributed by atoms with Crippen LogP contribution in [0.3, 0.4) is 0 Å². The molecule has 21 heavy (non-hydrogen) atoms. The summed E-state index contributed by atoms with van der Waals surface area (Å²) in [5.74, 6) is 0. The topological polar surface area (TPSA) is 38.7 Å². The maximum atomic E-state index is 9.64. The lowest BCUT2D eigenvalue weighted by atomic mass is 9.92. The average molecular weight is 300 g/mol. The minimum Gasteiger partial charge on any atom is -0.393 e. The lowest BCUT2D eigenvalue weighted by Crippen LogP contribution is -2.39. The second-order valence-electron chi connectivity index (χ2n) is 6.48. The summed E-state index contributed by atoms with van der Waals surface area (Å²) >= 11 is 0. The fraction of sp³-hybridized carbons (Fsp3) is 1.00. The molecule has 3 unspecified atom stereocenters. The zero-order valence-electron chi connectivity index (χ0n) is 14.2. The zero-order chi connectivity index (χ0) is 15.3. The van der Waals surface area contributed by atoms with Gasteiger partial charge in [-0.1, -0.05) is 58.3 Å². The van der Waals surface area contributed by atoms with Crippen molar-refractivity contribution in [1.82, 2.24) is 0 Å². The number of aliphatic hydroxyl groups excluding tert-OH is 1. The molecule has 1 aliphatic rings. The molecule has 0 radical (unpaired) electrons. The van der Waals surface area contributed by atoms with E-state index in [1.165, 1.54) is 51.4 Å². The summed E-state index contributed by atoms with van der Waals surface area (Å²) in [5, 5.41) is 9.64. The van der Waals surface area contributed by atoms with Crippen LogP contribution < -0.4 is 0 Å². The summed E-state index contributed by atoms with van der Waals surface area (Å²) in [7, 11) is 1.72. The van der Waals surface area contributed by atoms with Crippen molar-refractivity contribution in [3.63, 3.8) is 0 Å². The van der Waals surface area contributed by atoms with Gasteiger partial charge in [-0.15, -0.1) is 0 Å². The summed E-state index contributed by atoms with van der Waals surface area (Å²) < 4.78 is 11.4. The van der Waals surface area contributed by atoms with E-state index in [9.17, 15) is 5.11 Å². The Kier molecular flexibility index (Phi) is 11.2. The van der Waals surface area contributed by atoms with Crippen LogP contribution in [-0.4, -0.2) is 37.1 Å². The van der Waals surface area contributed by atoms with Crippen molar-refractivity contribution in [1.29, 1.82) is 0 Å². The van der Waals surface area contributed by atoms with Gasteiger partial charge in [0.05, 0.1) is 18.3 Å². The molecule has 0 heterocycles. The first-order chi connectivity index (χ1) is 10.3. The van der Waals surface area contributed by atoms with Gasteiger partial charge in [-0.3, -0.25) is 0 Å². The minimum absolute atomic E-state index is 0.0762. The third-order valence-corrected chi connectivity index (χ3v) is 4.59. The maximum absolute atomic E-state index is 9.64. The second-order valence-corrected chi connectivity index (χ2v) is 6.48. The molecule has 1 fully saturated rings. The lowest BCUT2D eigenvalue weighted by Gasteiger charge is -2.33. The van der Waals surface area contributed by atoms with E-state index in [0.29, 0.717) is 0 Å². The lowest BCUT2D eigenvalue weighted by molar-refractivity contribution is -0.101. The van der Waals surface area contributed by atoms with Crippen molar-refractivity contribution >= 4 is 0 Å². The van der Waals surface area contributed by atoms with Crippen molar-refractivity contribution in [2.45, 2.75) is 102 Å². The van der Waals surface area contributed by atoms with Crippen LogP contribution in [0.4, 0.5) is 0 Å². The normalized spacial score (nSPS) is 26.1. The highest BCUT2D eigenvalue weighted by Gasteiger charge is 2.30. The van der Waals surface area contributed by atoms with Crippen LogP contribution >= 0.6 is 0 Å². The molecule has 0 amide bonds.